The van der Waals surface area contributed by atoms with Crippen LogP contribution in [0.5, 0.6) is 0 Å². The molecule has 0 saturated heterocycles. The molecule has 328 valence electrons. The summed E-state index contributed by atoms with van der Waals surface area (Å²) in [5.41, 5.74) is 1.19. The molecular formula is C42H67N3O13. The number of carbonyl (C=O) groups excluding carboxylic acids is 4. The van der Waals surface area contributed by atoms with Crippen molar-refractivity contribution in [3.8, 4) is 12.8 Å². The second-order valence-corrected chi connectivity index (χ2v) is 12.8. The first-order chi connectivity index (χ1) is 28.3. The summed E-state index contributed by atoms with van der Waals surface area (Å²) in [4.78, 5) is 49.7. The van der Waals surface area contributed by atoms with Crippen LogP contribution in [0.2, 0.25) is 0 Å². The summed E-state index contributed by atoms with van der Waals surface area (Å²) >= 11 is 0. The van der Waals surface area contributed by atoms with Gasteiger partial charge in [0.2, 0.25) is 5.91 Å². The lowest BCUT2D eigenvalue weighted by Crippen LogP contribution is -2.50. The van der Waals surface area contributed by atoms with Gasteiger partial charge in [-0.25, -0.2) is 4.79 Å². The Bertz CT molecular complexity index is 1390. The molecule has 0 spiro atoms. The predicted molar refractivity (Wildman–Crippen MR) is 219 cm³/mol. The maximum Gasteiger partial charge on any atom is 0.408 e. The number of alkyl carbamates (subject to hydrolysis) is 1. The largest absolute Gasteiger partial charge is 0.444 e. The van der Waals surface area contributed by atoms with E-state index in [9.17, 15) is 29.4 Å². The zero-order valence-electron chi connectivity index (χ0n) is 36.2. The minimum atomic E-state index is -0.951. The number of ketones is 2. The fourth-order valence-electron chi connectivity index (χ4n) is 4.29. The molecule has 2 amide bonds. The molecule has 0 heterocycles. The number of nitrogens with one attached hydrogen (secondary N) is 2. The Kier molecular flexibility index (Phi) is 34.3. The van der Waals surface area contributed by atoms with Crippen molar-refractivity contribution >= 4 is 23.6 Å². The van der Waals surface area contributed by atoms with Crippen molar-refractivity contribution in [1.82, 2.24) is 15.5 Å². The van der Waals surface area contributed by atoms with Crippen molar-refractivity contribution in [3.05, 3.63) is 71.8 Å². The summed E-state index contributed by atoms with van der Waals surface area (Å²) in [7, 11) is 3.22. The first kappa shape index (κ1) is 53.7. The smallest absolute Gasteiger partial charge is 0.408 e. The summed E-state index contributed by atoms with van der Waals surface area (Å²) in [5.74, 6) is -0.918. The molecule has 58 heavy (non-hydrogen) atoms. The van der Waals surface area contributed by atoms with Gasteiger partial charge in [-0.2, -0.15) is 0 Å². The Hall–Kier alpha value is -4.28. The highest BCUT2D eigenvalue weighted by Crippen LogP contribution is 2.12. The summed E-state index contributed by atoms with van der Waals surface area (Å²) in [6.45, 7) is 11.5. The Morgan fingerprint density at radius 2 is 1.33 bits per heavy atom. The third-order valence-electron chi connectivity index (χ3n) is 7.18. The van der Waals surface area contributed by atoms with Gasteiger partial charge >= 0.3 is 6.09 Å². The van der Waals surface area contributed by atoms with Crippen LogP contribution in [-0.4, -0.2) is 144 Å². The van der Waals surface area contributed by atoms with Crippen LogP contribution >= 0.6 is 0 Å². The molecule has 0 aliphatic rings. The Morgan fingerprint density at radius 1 is 0.793 bits per heavy atom. The van der Waals surface area contributed by atoms with Crippen LogP contribution in [-0.2, 0) is 60.6 Å². The van der Waals surface area contributed by atoms with Gasteiger partial charge < -0.3 is 58.9 Å². The van der Waals surface area contributed by atoms with Crippen LogP contribution in [0.25, 0.3) is 0 Å². The SMILES string of the molecule is CCC(=O)[C@@H](CO)N(Cc1ccccc1)C(=O)CNC(=O)OC(C)(C)C.CCOCOCCOC.COCCOCOCC(=O)[C@@H](CO)NCc1ccccc1.[2H]C#C. The number of methoxy groups -OCH3 is 2. The molecule has 0 fully saturated rings. The van der Waals surface area contributed by atoms with E-state index >= 15 is 0 Å². The predicted octanol–water partition coefficient (Wildman–Crippen LogP) is 3.12. The minimum Gasteiger partial charge on any atom is -0.444 e. The van der Waals surface area contributed by atoms with E-state index in [0.29, 0.717) is 46.4 Å². The number of amides is 2. The molecule has 0 radical (unpaired) electrons. The van der Waals surface area contributed by atoms with E-state index in [-0.39, 0.29) is 51.1 Å². The van der Waals surface area contributed by atoms with Gasteiger partial charge in [0.1, 0.15) is 39.8 Å². The average Bonchev–Trinajstić information content (AvgIpc) is 3.22. The molecule has 0 bridgehead atoms. The molecule has 16 nitrogen and oxygen atoms in total. The number of rotatable bonds is 26. The number of hydrogen-bond acceptors (Lipinski definition) is 14. The molecular weight excluding hydrogens is 754 g/mol. The van der Waals surface area contributed by atoms with Gasteiger partial charge in [-0.15, -0.1) is 12.8 Å². The van der Waals surface area contributed by atoms with Crippen LogP contribution in [0.15, 0.2) is 60.7 Å². The highest BCUT2D eigenvalue weighted by molar-refractivity contribution is 5.90. The molecule has 0 aliphatic heterocycles. The molecule has 4 N–H and O–H groups in total. The number of Topliss-reactive ketones (excluding diaryl/α,β-unsaturated/α-hetero) is 2. The van der Waals surface area contributed by atoms with Gasteiger partial charge in [-0.1, -0.05) is 67.6 Å². The highest BCUT2D eigenvalue weighted by Gasteiger charge is 2.29. The monoisotopic (exact) mass is 822 g/mol. The molecule has 0 unspecified atom stereocenters. The number of aliphatic hydroxyl groups is 2. The van der Waals surface area contributed by atoms with Crippen molar-refractivity contribution in [3.63, 3.8) is 0 Å². The minimum absolute atomic E-state index is 0.0337. The van der Waals surface area contributed by atoms with Crippen molar-refractivity contribution in [2.75, 3.05) is 87.2 Å². The Labute approximate surface area is 346 Å². The van der Waals surface area contributed by atoms with E-state index in [1.165, 1.54) is 11.3 Å². The van der Waals surface area contributed by atoms with E-state index in [4.69, 9.17) is 34.5 Å². The maximum absolute atomic E-state index is 12.6. The average molecular weight is 823 g/mol. The maximum atomic E-state index is 12.6. The first-order valence-corrected chi connectivity index (χ1v) is 18.8. The number of terminal acetylenes is 1. The summed E-state index contributed by atoms with van der Waals surface area (Å²) in [5, 5.41) is 24.3. The summed E-state index contributed by atoms with van der Waals surface area (Å²) in [6.07, 6.45) is 5.25. The topological polar surface area (TPSA) is 201 Å². The van der Waals surface area contributed by atoms with Crippen molar-refractivity contribution in [1.29, 1.82) is 0 Å². The molecule has 2 aromatic rings. The zero-order chi connectivity index (χ0) is 44.7. The molecule has 0 aromatic heterocycles. The Morgan fingerprint density at radius 3 is 1.79 bits per heavy atom. The summed E-state index contributed by atoms with van der Waals surface area (Å²) < 4.78 is 40.4. The number of benzene rings is 2. The van der Waals surface area contributed by atoms with Gasteiger partial charge in [0.15, 0.2) is 11.6 Å². The van der Waals surface area contributed by atoms with E-state index in [2.05, 4.69) is 17.1 Å². The van der Waals surface area contributed by atoms with Crippen molar-refractivity contribution in [2.24, 2.45) is 0 Å². The lowest BCUT2D eigenvalue weighted by Gasteiger charge is -2.30. The fourth-order valence-corrected chi connectivity index (χ4v) is 4.29. The number of nitrogens with zero attached hydrogens (tertiary/aromatic N) is 1. The van der Waals surface area contributed by atoms with Crippen LogP contribution in [0.1, 0.15) is 53.5 Å². The van der Waals surface area contributed by atoms with Crippen LogP contribution in [0.3, 0.4) is 0 Å². The molecule has 16 heteroatoms. The molecule has 2 atom stereocenters. The third kappa shape index (κ3) is 29.9. The quantitative estimate of drug-likeness (QED) is 0.0613. The second-order valence-electron chi connectivity index (χ2n) is 12.8. The number of hydrogen-bond donors (Lipinski definition) is 4. The second kappa shape index (κ2) is 37.0. The molecule has 2 aromatic carbocycles. The first-order valence-electron chi connectivity index (χ1n) is 19.3. The number of aliphatic hydroxyl groups excluding tert-OH is 2. The van der Waals surface area contributed by atoms with Gasteiger partial charge in [-0.3, -0.25) is 14.4 Å². The normalized spacial score (nSPS) is 11.6. The van der Waals surface area contributed by atoms with Crippen LogP contribution in [0, 0.1) is 12.8 Å². The van der Waals surface area contributed by atoms with E-state index in [1.54, 1.807) is 41.9 Å². The van der Waals surface area contributed by atoms with Crippen molar-refractivity contribution in [2.45, 2.75) is 71.8 Å². The van der Waals surface area contributed by atoms with E-state index in [1.807, 2.05) is 67.6 Å². The standard InChI is InChI=1S/C19H28N2O5.C15H23NO5.C6H14O3.C2H2/c1-5-16(23)15(13-22)21(12-14-9-7-6-8-10-14)17(24)11-20-18(25)26-19(2,3)4;1-19-7-8-20-12-21-11-15(18)14(10-17)16-9-13-5-3-2-4-6-13;1-3-8-6-9-5-4-7-2;1-2/h6-10,15,22H,5,11-13H2,1-4H3,(H,20,25);2-6,14,16-17H,7-12H2,1H3;3-6H2,1-2H3;1-2H/t15-;14-;;/m11../s1/i;;;1D. The molecule has 0 saturated carbocycles. The zero-order valence-corrected chi connectivity index (χ0v) is 35.2. The highest BCUT2D eigenvalue weighted by atomic mass is 16.7. The van der Waals surface area contributed by atoms with Crippen molar-refractivity contribution < 1.29 is 63.9 Å². The van der Waals surface area contributed by atoms with Gasteiger partial charge in [-0.05, 0) is 38.8 Å². The molecule has 2 rings (SSSR count). The van der Waals surface area contributed by atoms with Gasteiger partial charge in [0, 0.05) is 40.3 Å². The third-order valence-corrected chi connectivity index (χ3v) is 7.18. The lowest BCUT2D eigenvalue weighted by atomic mass is 10.1. The number of ether oxygens (including phenoxy) is 7. The molecule has 0 aliphatic carbocycles. The van der Waals surface area contributed by atoms with Gasteiger partial charge in [0.25, 0.3) is 0 Å². The van der Waals surface area contributed by atoms with Crippen LogP contribution in [0.4, 0.5) is 4.79 Å². The summed E-state index contributed by atoms with van der Waals surface area (Å²) in [6, 6.07) is 17.2. The van der Waals surface area contributed by atoms with Gasteiger partial charge in [0.05, 0.1) is 45.7 Å². The number of carbonyl (C=O) groups is 4. The lowest BCUT2D eigenvalue weighted by molar-refractivity contribution is -0.141. The van der Waals surface area contributed by atoms with E-state index < -0.39 is 36.3 Å². The Balaban J connectivity index is 0. The van der Waals surface area contributed by atoms with E-state index in [0.717, 1.165) is 11.1 Å². The van der Waals surface area contributed by atoms with Crippen LogP contribution < -0.4 is 10.6 Å². The fraction of sp³-hybridized carbons (Fsp3) is 0.571.